The van der Waals surface area contributed by atoms with E-state index in [1.807, 2.05) is 6.92 Å². The van der Waals surface area contributed by atoms with Crippen molar-refractivity contribution in [3.8, 4) is 16.9 Å². The summed E-state index contributed by atoms with van der Waals surface area (Å²) in [5.74, 6) is -0.290. The molecule has 4 nitrogen and oxygen atoms in total. The molecular formula is C17H16FNO3. The summed E-state index contributed by atoms with van der Waals surface area (Å²) in [4.78, 5) is 13.2. The van der Waals surface area contributed by atoms with Gasteiger partial charge in [-0.05, 0) is 42.3 Å². The van der Waals surface area contributed by atoms with Gasteiger partial charge in [0.25, 0.3) is 0 Å². The van der Waals surface area contributed by atoms with Crippen LogP contribution in [0.25, 0.3) is 11.1 Å². The van der Waals surface area contributed by atoms with E-state index in [1.54, 1.807) is 24.3 Å². The Kier molecular flexibility index (Phi) is 3.71. The lowest BCUT2D eigenvalue weighted by Gasteiger charge is -2.14. The molecule has 1 amide bonds. The summed E-state index contributed by atoms with van der Waals surface area (Å²) in [5, 5.41) is 9.29. The number of carbonyl (C=O) groups is 1. The second-order valence-corrected chi connectivity index (χ2v) is 5.24. The average Bonchev–Trinajstić information content (AvgIpc) is 2.89. The normalized spacial score (nSPS) is 17.6. The number of hydrogen-bond donors (Lipinski definition) is 1. The van der Waals surface area contributed by atoms with Gasteiger partial charge in [-0.3, -0.25) is 4.90 Å². The van der Waals surface area contributed by atoms with Crippen molar-refractivity contribution in [1.29, 1.82) is 0 Å². The van der Waals surface area contributed by atoms with E-state index in [1.165, 1.54) is 23.1 Å². The van der Waals surface area contributed by atoms with E-state index < -0.39 is 11.9 Å². The number of phenolic OH excluding ortho intramolecular Hbond substituents is 1. The number of amides is 1. The number of cyclic esters (lactones) is 1. The molecule has 1 atom stereocenters. The first-order chi connectivity index (χ1) is 10.6. The highest BCUT2D eigenvalue weighted by Crippen LogP contribution is 2.30. The maximum Gasteiger partial charge on any atom is 0.414 e. The highest BCUT2D eigenvalue weighted by molar-refractivity contribution is 5.90. The number of nitrogens with zero attached hydrogens (tertiary/aromatic N) is 1. The number of halogens is 1. The average molecular weight is 301 g/mol. The standard InChI is InChI=1S/C17H16FNO3/c1-2-14-10-19(17(21)22-14)12-5-8-15(16(18)9-12)11-3-6-13(20)7-4-11/h3-9,14,20H,2,10H2,1H3/t14-/m0/s1. The van der Waals surface area contributed by atoms with E-state index in [0.717, 1.165) is 6.42 Å². The molecule has 22 heavy (non-hydrogen) atoms. The molecule has 1 aliphatic heterocycles. The number of benzene rings is 2. The van der Waals surface area contributed by atoms with Gasteiger partial charge in [0, 0.05) is 5.56 Å². The molecule has 1 saturated heterocycles. The van der Waals surface area contributed by atoms with Gasteiger partial charge in [-0.2, -0.15) is 0 Å². The number of ether oxygens (including phenoxy) is 1. The zero-order valence-corrected chi connectivity index (χ0v) is 12.1. The van der Waals surface area contributed by atoms with E-state index in [2.05, 4.69) is 0 Å². The van der Waals surface area contributed by atoms with Crippen LogP contribution in [0.4, 0.5) is 14.9 Å². The van der Waals surface area contributed by atoms with E-state index in [9.17, 15) is 14.3 Å². The number of hydrogen-bond acceptors (Lipinski definition) is 3. The summed E-state index contributed by atoms with van der Waals surface area (Å²) < 4.78 is 19.5. The minimum absolute atomic E-state index is 0.131. The minimum atomic E-state index is -0.441. The molecule has 1 aliphatic rings. The van der Waals surface area contributed by atoms with E-state index >= 15 is 0 Å². The van der Waals surface area contributed by atoms with E-state index in [0.29, 0.717) is 23.4 Å². The van der Waals surface area contributed by atoms with E-state index in [4.69, 9.17) is 4.74 Å². The molecular weight excluding hydrogens is 285 g/mol. The lowest BCUT2D eigenvalue weighted by atomic mass is 10.0. The molecule has 1 fully saturated rings. The SMILES string of the molecule is CC[C@H]1CN(c2ccc(-c3ccc(O)cc3)c(F)c2)C(=O)O1. The molecule has 0 spiro atoms. The van der Waals surface area contributed by atoms with Crippen LogP contribution in [0.3, 0.4) is 0 Å². The third kappa shape index (κ3) is 2.62. The van der Waals surface area contributed by atoms with Gasteiger partial charge in [-0.25, -0.2) is 9.18 Å². The van der Waals surface area contributed by atoms with Crippen LogP contribution in [0.2, 0.25) is 0 Å². The molecule has 1 heterocycles. The first-order valence-electron chi connectivity index (χ1n) is 7.15. The topological polar surface area (TPSA) is 49.8 Å². The number of carbonyl (C=O) groups excluding carboxylic acids is 1. The predicted octanol–water partition coefficient (Wildman–Crippen LogP) is 3.93. The largest absolute Gasteiger partial charge is 0.508 e. The van der Waals surface area contributed by atoms with Crippen molar-refractivity contribution in [1.82, 2.24) is 0 Å². The number of aromatic hydroxyl groups is 1. The molecule has 114 valence electrons. The van der Waals surface area contributed by atoms with Crippen LogP contribution in [0.1, 0.15) is 13.3 Å². The number of rotatable bonds is 3. The van der Waals surface area contributed by atoms with Crippen molar-refractivity contribution in [3.63, 3.8) is 0 Å². The third-order valence-electron chi connectivity index (χ3n) is 3.77. The fraction of sp³-hybridized carbons (Fsp3) is 0.235. The van der Waals surface area contributed by atoms with Crippen molar-refractivity contribution in [3.05, 3.63) is 48.3 Å². The smallest absolute Gasteiger partial charge is 0.414 e. The van der Waals surface area contributed by atoms with Crippen LogP contribution in [-0.4, -0.2) is 23.8 Å². The van der Waals surface area contributed by atoms with Crippen molar-refractivity contribution >= 4 is 11.8 Å². The van der Waals surface area contributed by atoms with Crippen LogP contribution in [0.5, 0.6) is 5.75 Å². The van der Waals surface area contributed by atoms with Gasteiger partial charge in [-0.1, -0.05) is 19.1 Å². The number of anilines is 1. The fourth-order valence-electron chi connectivity index (χ4n) is 2.49. The molecule has 0 bridgehead atoms. The predicted molar refractivity (Wildman–Crippen MR) is 81.4 cm³/mol. The Bertz CT molecular complexity index is 700. The second kappa shape index (κ2) is 5.67. The Hall–Kier alpha value is -2.56. The third-order valence-corrected chi connectivity index (χ3v) is 3.77. The van der Waals surface area contributed by atoms with Crippen molar-refractivity contribution in [2.75, 3.05) is 11.4 Å². The molecule has 0 radical (unpaired) electrons. The Labute approximate surface area is 127 Å². The van der Waals surface area contributed by atoms with Crippen molar-refractivity contribution in [2.24, 2.45) is 0 Å². The highest BCUT2D eigenvalue weighted by Gasteiger charge is 2.31. The number of phenols is 1. The summed E-state index contributed by atoms with van der Waals surface area (Å²) in [6.07, 6.45) is 0.145. The lowest BCUT2D eigenvalue weighted by Crippen LogP contribution is -2.24. The molecule has 2 aromatic rings. The first kappa shape index (κ1) is 14.4. The molecule has 0 saturated carbocycles. The van der Waals surface area contributed by atoms with Gasteiger partial charge < -0.3 is 9.84 Å². The Morgan fingerprint density at radius 2 is 2.00 bits per heavy atom. The fourth-order valence-corrected chi connectivity index (χ4v) is 2.49. The van der Waals surface area contributed by atoms with Crippen LogP contribution >= 0.6 is 0 Å². The second-order valence-electron chi connectivity index (χ2n) is 5.24. The van der Waals surface area contributed by atoms with Gasteiger partial charge in [0.2, 0.25) is 0 Å². The van der Waals surface area contributed by atoms with Gasteiger partial charge in [0.1, 0.15) is 17.7 Å². The summed E-state index contributed by atoms with van der Waals surface area (Å²) in [7, 11) is 0. The monoisotopic (exact) mass is 301 g/mol. The van der Waals surface area contributed by atoms with E-state index in [-0.39, 0.29) is 11.9 Å². The molecule has 1 N–H and O–H groups in total. The molecule has 0 aromatic heterocycles. The maximum absolute atomic E-state index is 14.4. The minimum Gasteiger partial charge on any atom is -0.508 e. The molecule has 0 aliphatic carbocycles. The van der Waals surface area contributed by atoms with Gasteiger partial charge in [-0.15, -0.1) is 0 Å². The molecule has 5 heteroatoms. The quantitative estimate of drug-likeness (QED) is 0.934. The molecule has 0 unspecified atom stereocenters. The zero-order valence-electron chi connectivity index (χ0n) is 12.1. The van der Waals surface area contributed by atoms with Gasteiger partial charge in [0.15, 0.2) is 0 Å². The summed E-state index contributed by atoms with van der Waals surface area (Å²) in [6.45, 7) is 2.38. The van der Waals surface area contributed by atoms with Crippen LogP contribution in [0, 0.1) is 5.82 Å². The summed E-state index contributed by atoms with van der Waals surface area (Å²) in [6, 6.07) is 11.0. The first-order valence-corrected chi connectivity index (χ1v) is 7.15. The van der Waals surface area contributed by atoms with Crippen LogP contribution in [-0.2, 0) is 4.74 Å². The zero-order chi connectivity index (χ0) is 15.7. The van der Waals surface area contributed by atoms with Crippen molar-refractivity contribution in [2.45, 2.75) is 19.4 Å². The Balaban J connectivity index is 1.89. The van der Waals surface area contributed by atoms with Crippen LogP contribution in [0.15, 0.2) is 42.5 Å². The van der Waals surface area contributed by atoms with Crippen molar-refractivity contribution < 1.29 is 19.0 Å². The lowest BCUT2D eigenvalue weighted by molar-refractivity contribution is 0.139. The van der Waals surface area contributed by atoms with Crippen LogP contribution < -0.4 is 4.90 Å². The molecule has 2 aromatic carbocycles. The van der Waals surface area contributed by atoms with Gasteiger partial charge >= 0.3 is 6.09 Å². The van der Waals surface area contributed by atoms with Gasteiger partial charge in [0.05, 0.1) is 12.2 Å². The Morgan fingerprint density at radius 3 is 2.59 bits per heavy atom. The maximum atomic E-state index is 14.4. The molecule has 3 rings (SSSR count). The summed E-state index contributed by atoms with van der Waals surface area (Å²) >= 11 is 0. The Morgan fingerprint density at radius 1 is 1.27 bits per heavy atom. The summed E-state index contributed by atoms with van der Waals surface area (Å²) in [5.41, 5.74) is 1.57. The highest BCUT2D eigenvalue weighted by atomic mass is 19.1.